The lowest BCUT2D eigenvalue weighted by molar-refractivity contribution is -0.136. The van der Waals surface area contributed by atoms with Crippen LogP contribution in [-0.2, 0) is 10.9 Å². The number of benzene rings is 1. The van der Waals surface area contributed by atoms with Crippen LogP contribution in [0.3, 0.4) is 0 Å². The molecule has 0 spiro atoms. The first kappa shape index (κ1) is 17.3. The first-order valence-corrected chi connectivity index (χ1v) is 7.80. The predicted molar refractivity (Wildman–Crippen MR) is 91.6 cm³/mol. The number of para-hydroxylation sites is 1. The van der Waals surface area contributed by atoms with Gasteiger partial charge >= 0.3 is 6.18 Å². The number of ether oxygens (including phenoxy) is 1. The molecule has 7 heteroatoms. The first-order chi connectivity index (χ1) is 11.9. The molecule has 0 aliphatic carbocycles. The van der Waals surface area contributed by atoms with E-state index in [-0.39, 0.29) is 5.52 Å². The van der Waals surface area contributed by atoms with Gasteiger partial charge in [-0.3, -0.25) is 4.98 Å². The summed E-state index contributed by atoms with van der Waals surface area (Å²) in [5.74, 6) is 0. The van der Waals surface area contributed by atoms with Crippen molar-refractivity contribution in [3.05, 3.63) is 47.8 Å². The Balaban J connectivity index is 1.99. The zero-order chi connectivity index (χ0) is 18.0. The molecule has 2 N–H and O–H groups in total. The monoisotopic (exact) mass is 349 g/mol. The van der Waals surface area contributed by atoms with Crippen molar-refractivity contribution in [2.24, 2.45) is 0 Å². The molecule has 25 heavy (non-hydrogen) atoms. The lowest BCUT2D eigenvalue weighted by Gasteiger charge is -2.10. The van der Waals surface area contributed by atoms with E-state index in [0.717, 1.165) is 17.4 Å². The average molecular weight is 349 g/mol. The van der Waals surface area contributed by atoms with Crippen LogP contribution in [0.2, 0.25) is 0 Å². The highest BCUT2D eigenvalue weighted by molar-refractivity contribution is 5.96. The third-order valence-electron chi connectivity index (χ3n) is 4.00. The van der Waals surface area contributed by atoms with Crippen LogP contribution >= 0.6 is 0 Å². The minimum Gasteiger partial charge on any atom is -0.383 e. The summed E-state index contributed by atoms with van der Waals surface area (Å²) in [5, 5.41) is 3.71. The molecule has 3 rings (SSSR count). The van der Waals surface area contributed by atoms with Crippen molar-refractivity contribution in [2.45, 2.75) is 13.1 Å². The summed E-state index contributed by atoms with van der Waals surface area (Å²) in [6.45, 7) is 3.08. The molecule has 0 saturated carbocycles. The third-order valence-corrected chi connectivity index (χ3v) is 4.00. The van der Waals surface area contributed by atoms with Gasteiger partial charge in [0.15, 0.2) is 0 Å². The highest BCUT2D eigenvalue weighted by Crippen LogP contribution is 2.37. The number of nitrogens with one attached hydrogen (secondary N) is 2. The summed E-state index contributed by atoms with van der Waals surface area (Å²) < 4.78 is 44.4. The van der Waals surface area contributed by atoms with E-state index in [1.165, 1.54) is 6.07 Å². The second-order valence-electron chi connectivity index (χ2n) is 5.68. The Morgan fingerprint density at radius 1 is 1.20 bits per heavy atom. The second kappa shape index (κ2) is 6.76. The number of aromatic amines is 1. The average Bonchev–Trinajstić information content (AvgIpc) is 2.99. The quantitative estimate of drug-likeness (QED) is 0.661. The number of hydrogen-bond donors (Lipinski definition) is 2. The Bertz CT molecular complexity index is 887. The summed E-state index contributed by atoms with van der Waals surface area (Å²) in [6.07, 6.45) is -2.83. The van der Waals surface area contributed by atoms with E-state index in [4.69, 9.17) is 4.74 Å². The number of fused-ring (bicyclic) bond motifs is 1. The van der Waals surface area contributed by atoms with Crippen molar-refractivity contribution in [3.8, 4) is 11.3 Å². The molecule has 1 aromatic carbocycles. The Labute approximate surface area is 143 Å². The van der Waals surface area contributed by atoms with Crippen LogP contribution in [0.1, 0.15) is 11.3 Å². The molecule has 0 aliphatic heterocycles. The summed E-state index contributed by atoms with van der Waals surface area (Å²) in [6, 6.07) is 7.82. The molecule has 2 heterocycles. The van der Waals surface area contributed by atoms with E-state index >= 15 is 0 Å². The van der Waals surface area contributed by atoms with Crippen LogP contribution in [0.5, 0.6) is 0 Å². The van der Waals surface area contributed by atoms with Gasteiger partial charge in [0.25, 0.3) is 0 Å². The number of anilines is 1. The number of nitrogens with zero attached hydrogens (tertiary/aromatic N) is 1. The number of hydrogen-bond acceptors (Lipinski definition) is 3. The largest absolute Gasteiger partial charge is 0.418 e. The van der Waals surface area contributed by atoms with Gasteiger partial charge in [0.2, 0.25) is 0 Å². The minimum atomic E-state index is -4.40. The maximum absolute atomic E-state index is 13.1. The second-order valence-corrected chi connectivity index (χ2v) is 5.68. The summed E-state index contributed by atoms with van der Waals surface area (Å²) >= 11 is 0. The Hall–Kier alpha value is -2.54. The number of rotatable bonds is 5. The van der Waals surface area contributed by atoms with Gasteiger partial charge in [0.1, 0.15) is 0 Å². The zero-order valence-corrected chi connectivity index (χ0v) is 13.9. The molecule has 4 nitrogen and oxygen atoms in total. The molecule has 0 fully saturated rings. The highest BCUT2D eigenvalue weighted by atomic mass is 19.4. The molecule has 0 bridgehead atoms. The molecule has 3 aromatic rings. The van der Waals surface area contributed by atoms with E-state index in [1.807, 2.05) is 13.0 Å². The molecule has 0 saturated heterocycles. The normalized spacial score (nSPS) is 11.9. The van der Waals surface area contributed by atoms with Crippen molar-refractivity contribution in [2.75, 3.05) is 25.6 Å². The highest BCUT2D eigenvalue weighted by Gasteiger charge is 2.33. The zero-order valence-electron chi connectivity index (χ0n) is 13.9. The molecular formula is C18H18F3N3O. The van der Waals surface area contributed by atoms with Crippen molar-refractivity contribution in [3.63, 3.8) is 0 Å². The van der Waals surface area contributed by atoms with E-state index < -0.39 is 11.7 Å². The van der Waals surface area contributed by atoms with Crippen molar-refractivity contribution >= 4 is 16.6 Å². The van der Waals surface area contributed by atoms with Gasteiger partial charge in [-0.15, -0.1) is 0 Å². The predicted octanol–water partition coefficient (Wildman–Crippen LogP) is 4.62. The Morgan fingerprint density at radius 2 is 2.00 bits per heavy atom. The fraction of sp³-hybridized carbons (Fsp3) is 0.278. The Morgan fingerprint density at radius 3 is 2.68 bits per heavy atom. The van der Waals surface area contributed by atoms with Gasteiger partial charge in [0.05, 0.1) is 34.8 Å². The van der Waals surface area contributed by atoms with Gasteiger partial charge in [-0.05, 0) is 25.1 Å². The number of aromatic nitrogens is 2. The molecule has 0 unspecified atom stereocenters. The van der Waals surface area contributed by atoms with Crippen LogP contribution in [0.4, 0.5) is 18.9 Å². The maximum Gasteiger partial charge on any atom is 0.418 e. The number of alkyl halides is 3. The van der Waals surface area contributed by atoms with Crippen LogP contribution < -0.4 is 5.32 Å². The molecule has 0 atom stereocenters. The smallest absolute Gasteiger partial charge is 0.383 e. The van der Waals surface area contributed by atoms with Gasteiger partial charge in [0, 0.05) is 30.8 Å². The molecule has 132 valence electrons. The number of aryl methyl sites for hydroxylation is 1. The lowest BCUT2D eigenvalue weighted by Crippen LogP contribution is -2.09. The van der Waals surface area contributed by atoms with Crippen LogP contribution in [-0.4, -0.2) is 30.2 Å². The molecular weight excluding hydrogens is 331 g/mol. The van der Waals surface area contributed by atoms with E-state index in [0.29, 0.717) is 29.8 Å². The number of halogens is 3. The SMILES string of the molecule is COCCNc1ccc(-c2c[nH]c3c(C(F)(F)F)cccc23)nc1C. The first-order valence-electron chi connectivity index (χ1n) is 7.80. The number of H-pyrrole nitrogens is 1. The van der Waals surface area contributed by atoms with Gasteiger partial charge in [-0.2, -0.15) is 13.2 Å². The fourth-order valence-electron chi connectivity index (χ4n) is 2.79. The van der Waals surface area contributed by atoms with Gasteiger partial charge < -0.3 is 15.0 Å². The third kappa shape index (κ3) is 3.46. The van der Waals surface area contributed by atoms with Gasteiger partial charge in [-0.1, -0.05) is 12.1 Å². The van der Waals surface area contributed by atoms with E-state index in [1.54, 1.807) is 25.4 Å². The summed E-state index contributed by atoms with van der Waals surface area (Å²) in [4.78, 5) is 7.28. The summed E-state index contributed by atoms with van der Waals surface area (Å²) in [7, 11) is 1.63. The molecule has 0 amide bonds. The van der Waals surface area contributed by atoms with E-state index in [2.05, 4.69) is 15.3 Å². The number of pyridine rings is 1. The summed E-state index contributed by atoms with van der Waals surface area (Å²) in [5.41, 5.74) is 2.32. The number of methoxy groups -OCH3 is 1. The van der Waals surface area contributed by atoms with Crippen molar-refractivity contribution in [1.82, 2.24) is 9.97 Å². The standard InChI is InChI=1S/C18H18F3N3O/c1-11-15(22-8-9-25-2)6-7-16(24-11)13-10-23-17-12(13)4-3-5-14(17)18(19,20)21/h3-7,10,22-23H,8-9H2,1-2H3. The maximum atomic E-state index is 13.1. The van der Waals surface area contributed by atoms with Crippen molar-refractivity contribution < 1.29 is 17.9 Å². The lowest BCUT2D eigenvalue weighted by atomic mass is 10.1. The van der Waals surface area contributed by atoms with Crippen LogP contribution in [0, 0.1) is 6.92 Å². The molecule has 2 aromatic heterocycles. The van der Waals surface area contributed by atoms with E-state index in [9.17, 15) is 13.2 Å². The van der Waals surface area contributed by atoms with Crippen LogP contribution in [0.15, 0.2) is 36.5 Å². The Kier molecular flexibility index (Phi) is 4.67. The van der Waals surface area contributed by atoms with Crippen molar-refractivity contribution in [1.29, 1.82) is 0 Å². The molecule has 0 radical (unpaired) electrons. The topological polar surface area (TPSA) is 49.9 Å². The minimum absolute atomic E-state index is 0.0757. The van der Waals surface area contributed by atoms with Gasteiger partial charge in [-0.25, -0.2) is 0 Å². The van der Waals surface area contributed by atoms with Crippen LogP contribution in [0.25, 0.3) is 22.2 Å². The molecule has 0 aliphatic rings. The fourth-order valence-corrected chi connectivity index (χ4v) is 2.79.